The molecule has 0 N–H and O–H groups in total. The van der Waals surface area contributed by atoms with Crippen LogP contribution in [0.1, 0.15) is 0 Å². The molecule has 0 radical (unpaired) electrons. The van der Waals surface area contributed by atoms with Gasteiger partial charge in [-0.25, -0.2) is 0 Å². The molecule has 0 aliphatic carbocycles. The Morgan fingerprint density at radius 3 is 2.92 bits per heavy atom. The van der Waals surface area contributed by atoms with E-state index in [1.54, 1.807) is 0 Å². The van der Waals surface area contributed by atoms with E-state index in [2.05, 4.69) is 23.9 Å². The highest BCUT2D eigenvalue weighted by Gasteiger charge is 2.21. The maximum atomic E-state index is 10.0. The third-order valence-corrected chi connectivity index (χ3v) is 2.48. The first-order valence-corrected chi connectivity index (χ1v) is 4.64. The number of piperazine rings is 1. The first kappa shape index (κ1) is 10.6. The van der Waals surface area contributed by atoms with Gasteiger partial charge in [-0.05, 0) is 14.1 Å². The molecular formula is C9H18N2O2. The summed E-state index contributed by atoms with van der Waals surface area (Å²) in [6, 6.07) is 0.429. The number of hydrogen-bond donors (Lipinski definition) is 0. The van der Waals surface area contributed by atoms with Gasteiger partial charge in [0.15, 0.2) is 0 Å². The van der Waals surface area contributed by atoms with Gasteiger partial charge in [-0.2, -0.15) is 0 Å². The van der Waals surface area contributed by atoms with E-state index < -0.39 is 0 Å². The standard InChI is InChI=1S/C9H18N2O2/c1-10-3-4-11(2)9(7-10)8-13-6-5-12/h5,9H,3-4,6-8H2,1-2H3. The molecule has 76 valence electrons. The molecule has 1 aliphatic rings. The summed E-state index contributed by atoms with van der Waals surface area (Å²) < 4.78 is 5.20. The largest absolute Gasteiger partial charge is 0.372 e. The highest BCUT2D eigenvalue weighted by atomic mass is 16.5. The molecule has 1 atom stereocenters. The number of nitrogens with zero attached hydrogens (tertiary/aromatic N) is 2. The summed E-state index contributed by atoms with van der Waals surface area (Å²) in [6.07, 6.45) is 0.798. The molecule has 13 heavy (non-hydrogen) atoms. The molecule has 1 heterocycles. The van der Waals surface area contributed by atoms with Crippen molar-refractivity contribution in [1.29, 1.82) is 0 Å². The second kappa shape index (κ2) is 5.32. The quantitative estimate of drug-likeness (QED) is 0.435. The van der Waals surface area contributed by atoms with Crippen molar-refractivity contribution in [3.05, 3.63) is 0 Å². The highest BCUT2D eigenvalue weighted by molar-refractivity contribution is 5.50. The Hall–Kier alpha value is -0.450. The normalized spacial score (nSPS) is 26.2. The van der Waals surface area contributed by atoms with Crippen LogP contribution < -0.4 is 0 Å². The summed E-state index contributed by atoms with van der Waals surface area (Å²) >= 11 is 0. The minimum atomic E-state index is 0.216. The number of likely N-dealkylation sites (N-methyl/N-ethyl adjacent to an activating group) is 2. The third-order valence-electron chi connectivity index (χ3n) is 2.48. The molecule has 4 heteroatoms. The molecule has 0 amide bonds. The van der Waals surface area contributed by atoms with E-state index in [0.29, 0.717) is 12.6 Å². The summed E-state index contributed by atoms with van der Waals surface area (Å²) in [5.41, 5.74) is 0. The summed E-state index contributed by atoms with van der Waals surface area (Å²) in [4.78, 5) is 14.6. The van der Waals surface area contributed by atoms with Crippen molar-refractivity contribution in [3.63, 3.8) is 0 Å². The number of ether oxygens (including phenoxy) is 1. The van der Waals surface area contributed by atoms with Crippen molar-refractivity contribution in [1.82, 2.24) is 9.80 Å². The van der Waals surface area contributed by atoms with Crippen LogP contribution in [0.25, 0.3) is 0 Å². The fourth-order valence-electron chi connectivity index (χ4n) is 1.53. The second-order valence-electron chi connectivity index (χ2n) is 3.60. The first-order chi connectivity index (χ1) is 6.24. The van der Waals surface area contributed by atoms with Crippen molar-refractivity contribution in [2.45, 2.75) is 6.04 Å². The molecule has 0 aromatic heterocycles. The summed E-state index contributed by atoms with van der Waals surface area (Å²) in [5.74, 6) is 0. The van der Waals surface area contributed by atoms with Gasteiger partial charge in [-0.3, -0.25) is 4.90 Å². The monoisotopic (exact) mass is 186 g/mol. The maximum Gasteiger partial charge on any atom is 0.145 e. The molecule has 1 aliphatic heterocycles. The lowest BCUT2D eigenvalue weighted by Gasteiger charge is -2.37. The Morgan fingerprint density at radius 1 is 1.46 bits per heavy atom. The van der Waals surface area contributed by atoms with Gasteiger partial charge in [0.25, 0.3) is 0 Å². The van der Waals surface area contributed by atoms with Crippen LogP contribution in [-0.2, 0) is 9.53 Å². The Labute approximate surface area is 79.4 Å². The van der Waals surface area contributed by atoms with Crippen LogP contribution in [-0.4, -0.2) is 69.1 Å². The van der Waals surface area contributed by atoms with Crippen molar-refractivity contribution in [2.75, 3.05) is 46.9 Å². The molecule has 1 unspecified atom stereocenters. The fourth-order valence-corrected chi connectivity index (χ4v) is 1.53. The van der Waals surface area contributed by atoms with E-state index in [1.807, 2.05) is 0 Å². The molecular weight excluding hydrogens is 168 g/mol. The Morgan fingerprint density at radius 2 is 2.23 bits per heavy atom. The van der Waals surface area contributed by atoms with Crippen molar-refractivity contribution in [2.24, 2.45) is 0 Å². The second-order valence-corrected chi connectivity index (χ2v) is 3.60. The zero-order valence-electron chi connectivity index (χ0n) is 8.40. The van der Waals surface area contributed by atoms with Crippen LogP contribution in [0.2, 0.25) is 0 Å². The van der Waals surface area contributed by atoms with Crippen molar-refractivity contribution >= 4 is 6.29 Å². The molecule has 0 bridgehead atoms. The smallest absolute Gasteiger partial charge is 0.145 e. The molecule has 0 spiro atoms. The zero-order valence-corrected chi connectivity index (χ0v) is 8.40. The summed E-state index contributed by atoms with van der Waals surface area (Å²) in [6.45, 7) is 4.08. The molecule has 0 aromatic carbocycles. The summed E-state index contributed by atoms with van der Waals surface area (Å²) in [7, 11) is 4.21. The minimum Gasteiger partial charge on any atom is -0.372 e. The predicted molar refractivity (Wildman–Crippen MR) is 50.8 cm³/mol. The molecule has 0 aromatic rings. The van der Waals surface area contributed by atoms with E-state index in [9.17, 15) is 4.79 Å². The van der Waals surface area contributed by atoms with Crippen LogP contribution in [0.15, 0.2) is 0 Å². The van der Waals surface area contributed by atoms with E-state index in [4.69, 9.17) is 4.74 Å². The van der Waals surface area contributed by atoms with E-state index in [0.717, 1.165) is 25.9 Å². The number of rotatable bonds is 4. The van der Waals surface area contributed by atoms with Crippen LogP contribution >= 0.6 is 0 Å². The van der Waals surface area contributed by atoms with Crippen molar-refractivity contribution in [3.8, 4) is 0 Å². The van der Waals surface area contributed by atoms with Crippen molar-refractivity contribution < 1.29 is 9.53 Å². The van der Waals surface area contributed by atoms with Gasteiger partial charge in [0.2, 0.25) is 0 Å². The fraction of sp³-hybridized carbons (Fsp3) is 0.889. The average Bonchev–Trinajstić information content (AvgIpc) is 2.11. The first-order valence-electron chi connectivity index (χ1n) is 4.64. The maximum absolute atomic E-state index is 10.0. The lowest BCUT2D eigenvalue weighted by Crippen LogP contribution is -2.51. The Kier molecular flexibility index (Phi) is 4.35. The molecule has 1 rings (SSSR count). The predicted octanol–water partition coefficient (Wildman–Crippen LogP) is -0.552. The number of aldehydes is 1. The van der Waals surface area contributed by atoms with Crippen LogP contribution in [0.3, 0.4) is 0 Å². The van der Waals surface area contributed by atoms with Gasteiger partial charge in [0.1, 0.15) is 12.9 Å². The third kappa shape index (κ3) is 3.42. The topological polar surface area (TPSA) is 32.8 Å². The molecule has 0 saturated carbocycles. The molecule has 4 nitrogen and oxygen atoms in total. The van der Waals surface area contributed by atoms with Crippen LogP contribution in [0.4, 0.5) is 0 Å². The van der Waals surface area contributed by atoms with E-state index in [-0.39, 0.29) is 6.61 Å². The van der Waals surface area contributed by atoms with Gasteiger partial charge in [0, 0.05) is 25.7 Å². The van der Waals surface area contributed by atoms with E-state index in [1.165, 1.54) is 0 Å². The SMILES string of the molecule is CN1CCN(C)C(COCC=O)C1. The highest BCUT2D eigenvalue weighted by Crippen LogP contribution is 2.05. The zero-order chi connectivity index (χ0) is 9.68. The van der Waals surface area contributed by atoms with Gasteiger partial charge >= 0.3 is 0 Å². The minimum absolute atomic E-state index is 0.216. The number of hydrogen-bond acceptors (Lipinski definition) is 4. The van der Waals surface area contributed by atoms with Gasteiger partial charge in [0.05, 0.1) is 6.61 Å². The lowest BCUT2D eigenvalue weighted by atomic mass is 10.2. The van der Waals surface area contributed by atoms with E-state index >= 15 is 0 Å². The van der Waals surface area contributed by atoms with Crippen LogP contribution in [0.5, 0.6) is 0 Å². The molecule has 1 fully saturated rings. The summed E-state index contributed by atoms with van der Waals surface area (Å²) in [5, 5.41) is 0. The molecule has 1 saturated heterocycles. The Balaban J connectivity index is 2.24. The van der Waals surface area contributed by atoms with Gasteiger partial charge in [-0.1, -0.05) is 0 Å². The number of carbonyl (C=O) groups excluding carboxylic acids is 1. The van der Waals surface area contributed by atoms with Crippen LogP contribution in [0, 0.1) is 0 Å². The van der Waals surface area contributed by atoms with Gasteiger partial charge in [-0.15, -0.1) is 0 Å². The van der Waals surface area contributed by atoms with Gasteiger partial charge < -0.3 is 14.4 Å². The average molecular weight is 186 g/mol. The number of carbonyl (C=O) groups is 1. The lowest BCUT2D eigenvalue weighted by molar-refractivity contribution is -0.112. The Bertz CT molecular complexity index is 164.